The maximum Gasteiger partial charge on any atom is 0.453 e. The molecule has 0 aliphatic carbocycles. The van der Waals surface area contributed by atoms with Gasteiger partial charge in [0.15, 0.2) is 5.12 Å². The molecule has 0 saturated carbocycles. The summed E-state index contributed by atoms with van der Waals surface area (Å²) in [5.74, 6) is -0.778. The van der Waals surface area contributed by atoms with Crippen LogP contribution in [0.4, 0.5) is 14.5 Å². The second kappa shape index (κ2) is 13.6. The van der Waals surface area contributed by atoms with Crippen LogP contribution in [0.1, 0.15) is 35.0 Å². The zero-order chi connectivity index (χ0) is 30.3. The molecule has 1 unspecified atom stereocenters. The fourth-order valence-corrected chi connectivity index (χ4v) is 6.96. The van der Waals surface area contributed by atoms with Gasteiger partial charge in [-0.25, -0.2) is 9.36 Å². The van der Waals surface area contributed by atoms with Gasteiger partial charge in [-0.3, -0.25) is 19.4 Å². The smallest absolute Gasteiger partial charge is 0.422 e. The quantitative estimate of drug-likeness (QED) is 0.0356. The summed E-state index contributed by atoms with van der Waals surface area (Å²) in [4.78, 5) is 34.8. The average molecular weight is 636 g/mol. The number of ether oxygens (including phenoxy) is 1. The van der Waals surface area contributed by atoms with Gasteiger partial charge in [-0.15, -0.1) is 11.3 Å². The SMILES string of the molecule is CCCC(=O)SCCOP(=O)(Oc1ccccc1)C(F)(F)c1ccc2sc(C(=O)Oc3ccc([N+](=O)[O-])cc3)cc2c1. The average Bonchev–Trinajstić information content (AvgIpc) is 3.40. The molecule has 1 atom stereocenters. The van der Waals surface area contributed by atoms with Crippen molar-refractivity contribution in [1.29, 1.82) is 0 Å². The Labute approximate surface area is 247 Å². The third-order valence-electron chi connectivity index (χ3n) is 5.70. The number of hydrogen-bond acceptors (Lipinski definition) is 10. The molecule has 14 heteroatoms. The molecule has 9 nitrogen and oxygen atoms in total. The maximum atomic E-state index is 15.9. The summed E-state index contributed by atoms with van der Waals surface area (Å²) in [6.07, 6.45) is 0.963. The highest BCUT2D eigenvalue weighted by Crippen LogP contribution is 2.66. The van der Waals surface area contributed by atoms with Crippen LogP contribution >= 0.6 is 30.7 Å². The molecule has 0 radical (unpaired) electrons. The zero-order valence-corrected chi connectivity index (χ0v) is 24.6. The number of benzene rings is 3. The Balaban J connectivity index is 1.56. The molecule has 4 rings (SSSR count). The van der Waals surface area contributed by atoms with E-state index in [9.17, 15) is 24.3 Å². The number of nitrogens with zero attached hydrogens (tertiary/aromatic N) is 1. The molecule has 3 aromatic carbocycles. The largest absolute Gasteiger partial charge is 0.453 e. The van der Waals surface area contributed by atoms with Crippen molar-refractivity contribution in [3.8, 4) is 11.5 Å². The van der Waals surface area contributed by atoms with Gasteiger partial charge in [0.05, 0.1) is 11.5 Å². The lowest BCUT2D eigenvalue weighted by atomic mass is 10.1. The molecule has 42 heavy (non-hydrogen) atoms. The molecular weight excluding hydrogens is 611 g/mol. The molecule has 220 valence electrons. The standard InChI is InChI=1S/C28H24F2NO8PS2/c1-2-6-26(32)41-16-15-37-40(36,39-23-7-4-3-5-8-23)28(29,30)20-9-14-24-19(17-20)18-25(42-24)27(33)38-22-12-10-21(11-13-22)31(34)35/h3-5,7-14,17-18H,2,6,15-16H2,1H3. The molecule has 0 N–H and O–H groups in total. The summed E-state index contributed by atoms with van der Waals surface area (Å²) in [7, 11) is -5.18. The number of carbonyl (C=O) groups excluding carboxylic acids is 2. The third kappa shape index (κ3) is 7.40. The van der Waals surface area contributed by atoms with Crippen LogP contribution in [-0.2, 0) is 19.5 Å². The summed E-state index contributed by atoms with van der Waals surface area (Å²) < 4.78 is 61.8. The van der Waals surface area contributed by atoms with Crippen molar-refractivity contribution in [1.82, 2.24) is 0 Å². The van der Waals surface area contributed by atoms with Crippen LogP contribution in [-0.4, -0.2) is 28.4 Å². The number of alkyl halides is 2. The van der Waals surface area contributed by atoms with E-state index in [-0.39, 0.29) is 38.3 Å². The monoisotopic (exact) mass is 635 g/mol. The first-order valence-electron chi connectivity index (χ1n) is 12.6. The number of thiophene rings is 1. The second-order valence-electron chi connectivity index (χ2n) is 8.75. The first-order chi connectivity index (χ1) is 20.0. The molecular formula is C28H24F2NO8PS2. The number of esters is 1. The number of fused-ring (bicyclic) bond motifs is 1. The van der Waals surface area contributed by atoms with E-state index in [1.807, 2.05) is 6.92 Å². The van der Waals surface area contributed by atoms with Crippen molar-refractivity contribution in [2.45, 2.75) is 25.4 Å². The van der Waals surface area contributed by atoms with Gasteiger partial charge in [0.25, 0.3) is 5.69 Å². The Hall–Kier alpha value is -3.64. The van der Waals surface area contributed by atoms with Gasteiger partial charge in [-0.1, -0.05) is 43.0 Å². The lowest BCUT2D eigenvalue weighted by molar-refractivity contribution is -0.384. The molecule has 0 amide bonds. The first-order valence-corrected chi connectivity index (χ1v) is 15.9. The summed E-state index contributed by atoms with van der Waals surface area (Å²) in [5.41, 5.74) is -4.93. The summed E-state index contributed by atoms with van der Waals surface area (Å²) in [6.45, 7) is 1.42. The highest BCUT2D eigenvalue weighted by molar-refractivity contribution is 8.13. The van der Waals surface area contributed by atoms with Crippen LogP contribution < -0.4 is 9.26 Å². The normalized spacial score (nSPS) is 12.9. The van der Waals surface area contributed by atoms with E-state index in [4.69, 9.17) is 13.8 Å². The van der Waals surface area contributed by atoms with Crippen molar-refractivity contribution < 1.29 is 41.6 Å². The van der Waals surface area contributed by atoms with Gasteiger partial charge >= 0.3 is 19.2 Å². The molecule has 0 aliphatic heterocycles. The molecule has 4 aromatic rings. The van der Waals surface area contributed by atoms with E-state index in [1.54, 1.807) is 6.07 Å². The van der Waals surface area contributed by atoms with Crippen molar-refractivity contribution in [3.63, 3.8) is 0 Å². The van der Waals surface area contributed by atoms with E-state index in [0.29, 0.717) is 17.5 Å². The van der Waals surface area contributed by atoms with Crippen LogP contribution in [0.5, 0.6) is 11.5 Å². The minimum atomic E-state index is -5.18. The van der Waals surface area contributed by atoms with Crippen molar-refractivity contribution >= 4 is 57.6 Å². The number of nitro groups is 1. The summed E-state index contributed by atoms with van der Waals surface area (Å²) in [6, 6.07) is 17.2. The predicted molar refractivity (Wildman–Crippen MR) is 157 cm³/mol. The predicted octanol–water partition coefficient (Wildman–Crippen LogP) is 8.43. The minimum absolute atomic E-state index is 0.0147. The highest BCUT2D eigenvalue weighted by atomic mass is 32.2. The second-order valence-corrected chi connectivity index (χ2v) is 13.0. The van der Waals surface area contributed by atoms with Gasteiger partial charge in [0.2, 0.25) is 0 Å². The van der Waals surface area contributed by atoms with Gasteiger partial charge in [0, 0.05) is 34.6 Å². The fourth-order valence-electron chi connectivity index (χ4n) is 3.66. The number of halogens is 2. The van der Waals surface area contributed by atoms with Gasteiger partial charge < -0.3 is 9.26 Å². The molecule has 0 bridgehead atoms. The van der Waals surface area contributed by atoms with Crippen LogP contribution in [0, 0.1) is 10.1 Å². The minimum Gasteiger partial charge on any atom is -0.422 e. The highest BCUT2D eigenvalue weighted by Gasteiger charge is 2.56. The molecule has 1 heterocycles. The van der Waals surface area contributed by atoms with Gasteiger partial charge in [0.1, 0.15) is 16.4 Å². The lowest BCUT2D eigenvalue weighted by Crippen LogP contribution is -2.20. The molecule has 0 aliphatic rings. The number of nitro benzene ring substituents is 1. The van der Waals surface area contributed by atoms with Crippen molar-refractivity contribution in [2.75, 3.05) is 12.4 Å². The number of carbonyl (C=O) groups is 2. The zero-order valence-electron chi connectivity index (χ0n) is 22.1. The Morgan fingerprint density at radius 1 is 1.02 bits per heavy atom. The Morgan fingerprint density at radius 2 is 1.74 bits per heavy atom. The third-order valence-corrected chi connectivity index (χ3v) is 9.61. The lowest BCUT2D eigenvalue weighted by Gasteiger charge is -2.27. The van der Waals surface area contributed by atoms with E-state index in [1.165, 1.54) is 60.7 Å². The van der Waals surface area contributed by atoms with E-state index < -0.39 is 36.3 Å². The summed E-state index contributed by atoms with van der Waals surface area (Å²) in [5, 5.41) is 11.0. The molecule has 0 spiro atoms. The number of hydrogen-bond donors (Lipinski definition) is 0. The van der Waals surface area contributed by atoms with Gasteiger partial charge in [-0.05, 0) is 54.3 Å². The molecule has 0 fully saturated rings. The van der Waals surface area contributed by atoms with Crippen LogP contribution in [0.15, 0.2) is 78.9 Å². The number of non-ortho nitro benzene ring substituents is 1. The van der Waals surface area contributed by atoms with Crippen LogP contribution in [0.2, 0.25) is 0 Å². The van der Waals surface area contributed by atoms with Crippen molar-refractivity contribution in [3.05, 3.63) is 99.4 Å². The Morgan fingerprint density at radius 3 is 2.40 bits per heavy atom. The topological polar surface area (TPSA) is 122 Å². The van der Waals surface area contributed by atoms with E-state index in [2.05, 4.69) is 0 Å². The van der Waals surface area contributed by atoms with E-state index in [0.717, 1.165) is 35.2 Å². The van der Waals surface area contributed by atoms with Crippen molar-refractivity contribution in [2.24, 2.45) is 0 Å². The van der Waals surface area contributed by atoms with E-state index >= 15 is 8.78 Å². The maximum absolute atomic E-state index is 15.9. The first kappa shape index (κ1) is 31.3. The Kier molecular flexibility index (Phi) is 10.1. The number of rotatable bonds is 13. The fraction of sp³-hybridized carbons (Fsp3) is 0.214. The van der Waals surface area contributed by atoms with Crippen LogP contribution in [0.25, 0.3) is 10.1 Å². The van der Waals surface area contributed by atoms with Crippen LogP contribution in [0.3, 0.4) is 0 Å². The van der Waals surface area contributed by atoms with Gasteiger partial charge in [-0.2, -0.15) is 8.78 Å². The Bertz CT molecular complexity index is 1630. The number of thioether (sulfide) groups is 1. The summed E-state index contributed by atoms with van der Waals surface area (Å²) >= 11 is 1.90. The molecule has 1 aromatic heterocycles. The number of para-hydroxylation sites is 1. The molecule has 0 saturated heterocycles.